The van der Waals surface area contributed by atoms with Crippen molar-refractivity contribution in [2.75, 3.05) is 92.1 Å². The van der Waals surface area contributed by atoms with Crippen LogP contribution in [-0.4, -0.2) is 136 Å². The molecule has 1 aliphatic heterocycles. The minimum absolute atomic E-state index is 0.0469. The van der Waals surface area contributed by atoms with E-state index in [-0.39, 0.29) is 30.8 Å². The second-order valence-electron chi connectivity index (χ2n) is 9.35. The summed E-state index contributed by atoms with van der Waals surface area (Å²) in [6, 6.07) is 9.72. The molecule has 1 saturated heterocycles. The molecule has 44 heavy (non-hydrogen) atoms. The van der Waals surface area contributed by atoms with Crippen LogP contribution in [0.15, 0.2) is 30.3 Å². The van der Waals surface area contributed by atoms with Gasteiger partial charge in [0.2, 0.25) is 0 Å². The van der Waals surface area contributed by atoms with Crippen molar-refractivity contribution >= 4 is 60.9 Å². The summed E-state index contributed by atoms with van der Waals surface area (Å²) in [6.07, 6.45) is 7.18. The molecular weight excluding hydrogens is 787 g/mol. The number of hydroxylamine groups is 1. The van der Waals surface area contributed by atoms with Crippen LogP contribution in [0.1, 0.15) is 18.4 Å². The second kappa shape index (κ2) is 21.6. The molecule has 1 aliphatic rings. The average Bonchev–Trinajstić information content (AvgIpc) is 3.50. The van der Waals surface area contributed by atoms with Crippen LogP contribution < -0.4 is 15.3 Å². The molecule has 0 spiro atoms. The Bertz CT molecular complexity index is 1150. The Labute approximate surface area is 279 Å². The predicted molar refractivity (Wildman–Crippen MR) is 168 cm³/mol. The fourth-order valence-corrected chi connectivity index (χ4v) is 5.28. The third kappa shape index (κ3) is 12.7. The number of hydrogen-bond donors (Lipinski definition) is 3. The summed E-state index contributed by atoms with van der Waals surface area (Å²) in [7, 11) is 0. The number of hydrogen-bond acceptors (Lipinski definition) is 13. The van der Waals surface area contributed by atoms with E-state index in [0.717, 1.165) is 37.9 Å². The van der Waals surface area contributed by atoms with Gasteiger partial charge in [0.15, 0.2) is 0 Å². The topological polar surface area (TPSA) is 144 Å². The maximum atomic E-state index is 9.42. The normalized spacial score (nSPS) is 16.0. The number of nitrogens with one attached hydrogen (secondary N) is 2. The summed E-state index contributed by atoms with van der Waals surface area (Å²) >= 11 is 7.17. The molecule has 239 valence electrons. The van der Waals surface area contributed by atoms with Gasteiger partial charge in [0, 0.05) is 0 Å². The quantitative estimate of drug-likeness (QED) is 0.0287. The van der Waals surface area contributed by atoms with E-state index in [1.807, 2.05) is 35.2 Å². The van der Waals surface area contributed by atoms with Gasteiger partial charge in [0.1, 0.15) is 6.61 Å². The molecule has 0 aliphatic carbocycles. The van der Waals surface area contributed by atoms with Crippen molar-refractivity contribution in [2.45, 2.75) is 25.2 Å². The molecule has 0 saturated carbocycles. The molecule has 15 heteroatoms. The van der Waals surface area contributed by atoms with Crippen LogP contribution in [0.2, 0.25) is 5.28 Å². The zero-order valence-electron chi connectivity index (χ0n) is 24.7. The molecular formula is C29H40ClN6O7Pb. The van der Waals surface area contributed by atoms with Gasteiger partial charge in [0.05, 0.1) is 19.8 Å². The van der Waals surface area contributed by atoms with Crippen molar-refractivity contribution in [1.29, 1.82) is 5.41 Å². The number of aromatic nitrogens is 2. The monoisotopic (exact) mass is 827 g/mol. The van der Waals surface area contributed by atoms with E-state index in [4.69, 9.17) is 52.0 Å². The fourth-order valence-electron chi connectivity index (χ4n) is 4.15. The Morgan fingerprint density at radius 2 is 1.70 bits per heavy atom. The molecule has 0 bridgehead atoms. The number of ether oxygens (including phenoxy) is 5. The van der Waals surface area contributed by atoms with Crippen molar-refractivity contribution in [1.82, 2.24) is 9.97 Å². The van der Waals surface area contributed by atoms with Gasteiger partial charge in [-0.05, 0) is 0 Å². The van der Waals surface area contributed by atoms with Gasteiger partial charge in [-0.1, -0.05) is 5.92 Å². The number of terminal acetylenes is 1. The van der Waals surface area contributed by atoms with Crippen molar-refractivity contribution in [2.24, 2.45) is 0 Å². The second-order valence-corrected chi connectivity index (χ2v) is 10.9. The van der Waals surface area contributed by atoms with Crippen molar-refractivity contribution in [3.63, 3.8) is 0 Å². The molecule has 2 unspecified atom stereocenters. The van der Waals surface area contributed by atoms with E-state index in [0.29, 0.717) is 87.2 Å². The Balaban J connectivity index is 1.52. The average molecular weight is 827 g/mol. The molecule has 3 rings (SSSR count). The zero-order chi connectivity index (χ0) is 31.4. The minimum atomic E-state index is -0.346. The fraction of sp³-hybridized carbons (Fsp3) is 0.552. The standard InChI is InChI=1S/C29H40ClN6O7.Pb/c1-3-11-38-12-13-39-14-15-40-16-17-41-18-19-42-36(23-7-5-4-6-8-23)22-35(2)28-25(20-31)27(33-29(30)34-28)32-26-10-9-24(21-37)43-26;/h1,4-8,20,24,26,31,37H,2,9-19,21-22H2,(H,32,33,34);. The van der Waals surface area contributed by atoms with Crippen LogP contribution in [0.4, 0.5) is 17.3 Å². The first-order valence-electron chi connectivity index (χ1n) is 14.3. The number of aliphatic hydroxyl groups excluding tert-OH is 1. The molecule has 1 fully saturated rings. The van der Waals surface area contributed by atoms with E-state index in [1.165, 1.54) is 6.21 Å². The van der Waals surface area contributed by atoms with Crippen LogP contribution in [-0.2, 0) is 28.5 Å². The Kier molecular flexibility index (Phi) is 17.8. The van der Waals surface area contributed by atoms with Gasteiger partial charge < -0.3 is 9.47 Å². The first-order chi connectivity index (χ1) is 21.6. The number of rotatable bonds is 23. The zero-order valence-corrected chi connectivity index (χ0v) is 29.3. The number of benzene rings is 1. The summed E-state index contributed by atoms with van der Waals surface area (Å²) in [5.74, 6) is 3.32. The van der Waals surface area contributed by atoms with Gasteiger partial charge in [-0.3, -0.25) is 0 Å². The summed E-state index contributed by atoms with van der Waals surface area (Å²) in [6.45, 7) is 3.97. The Hall–Kier alpha value is -2.14. The first-order valence-corrected chi connectivity index (χ1v) is 17.4. The van der Waals surface area contributed by atoms with E-state index in [2.05, 4.69) is 21.2 Å². The molecule has 1 aromatic carbocycles. The third-order valence-electron chi connectivity index (χ3n) is 6.26. The van der Waals surface area contributed by atoms with Gasteiger partial charge in [-0.25, -0.2) is 0 Å². The number of aliphatic hydroxyl groups is 1. The molecule has 2 atom stereocenters. The third-order valence-corrected chi connectivity index (χ3v) is 7.91. The molecule has 0 amide bonds. The van der Waals surface area contributed by atoms with Gasteiger partial charge in [0.25, 0.3) is 0 Å². The number of halogens is 1. The molecule has 3 radical (unpaired) electrons. The summed E-state index contributed by atoms with van der Waals surface area (Å²) in [5, 5.41) is 22.6. The number of para-hydroxylation sites is 1. The maximum absolute atomic E-state index is 9.42. The van der Waals surface area contributed by atoms with Crippen LogP contribution >= 0.6 is 11.6 Å². The van der Waals surface area contributed by atoms with Crippen molar-refractivity contribution in [3.05, 3.63) is 41.2 Å². The Morgan fingerprint density at radius 3 is 2.30 bits per heavy atom. The van der Waals surface area contributed by atoms with E-state index >= 15 is 0 Å². The predicted octanol–water partition coefficient (Wildman–Crippen LogP) is 2.06. The van der Waals surface area contributed by atoms with Crippen LogP contribution in [0.3, 0.4) is 0 Å². The molecule has 2 heterocycles. The molecule has 13 nitrogen and oxygen atoms in total. The van der Waals surface area contributed by atoms with Gasteiger partial charge in [-0.2, -0.15) is 0 Å². The molecule has 2 aromatic rings. The summed E-state index contributed by atoms with van der Waals surface area (Å²) in [5.41, 5.74) is 1.34. The van der Waals surface area contributed by atoms with E-state index in [9.17, 15) is 5.11 Å². The van der Waals surface area contributed by atoms with Crippen LogP contribution in [0.5, 0.6) is 0 Å². The molecule has 1 aromatic heterocycles. The Morgan fingerprint density at radius 1 is 1.05 bits per heavy atom. The van der Waals surface area contributed by atoms with Gasteiger partial charge >= 0.3 is 232 Å². The van der Waals surface area contributed by atoms with Crippen molar-refractivity contribution in [3.8, 4) is 12.3 Å². The number of nitrogens with zero attached hydrogens (tertiary/aromatic N) is 4. The van der Waals surface area contributed by atoms with E-state index in [1.54, 1.807) is 5.06 Å². The van der Waals surface area contributed by atoms with E-state index < -0.39 is 0 Å². The number of anilines is 3. The molecule has 3 N–H and O–H groups in total. The SMILES string of the molecule is C#CCOCCOCCOCCOCCON(CN([CH2][Pb])c1nc(Cl)nc(NC2CCC(CO)O2)c1C=N)c1ccccc1. The van der Waals surface area contributed by atoms with Crippen LogP contribution in [0, 0.1) is 17.8 Å². The van der Waals surface area contributed by atoms with Gasteiger partial charge in [-0.15, -0.1) is 6.42 Å². The van der Waals surface area contributed by atoms with Crippen molar-refractivity contribution < 1.29 is 33.6 Å². The summed E-state index contributed by atoms with van der Waals surface area (Å²) in [4.78, 5) is 17.0. The summed E-state index contributed by atoms with van der Waals surface area (Å²) < 4.78 is 28.2. The first kappa shape index (κ1) is 36.3. The van der Waals surface area contributed by atoms with Crippen LogP contribution in [0.25, 0.3) is 0 Å².